The first kappa shape index (κ1) is 17.8. The predicted octanol–water partition coefficient (Wildman–Crippen LogP) is 2.62. The lowest BCUT2D eigenvalue weighted by atomic mass is 10.2. The fourth-order valence-corrected chi connectivity index (χ4v) is 4.64. The Labute approximate surface area is 151 Å². The molecule has 1 atom stereocenters. The van der Waals surface area contributed by atoms with Crippen LogP contribution in [0.2, 0.25) is 0 Å². The molecule has 1 fully saturated rings. The highest BCUT2D eigenvalue weighted by molar-refractivity contribution is 8.15. The average Bonchev–Trinajstić information content (AvgIpc) is 2.94. The third-order valence-corrected chi connectivity index (χ3v) is 6.14. The smallest absolute Gasteiger partial charge is 0.284 e. The largest absolute Gasteiger partial charge is 0.495 e. The van der Waals surface area contributed by atoms with Gasteiger partial charge in [-0.05, 0) is 31.2 Å². The number of nitrogens with zero attached hydrogens (tertiary/aromatic N) is 2. The number of hydrogen-bond donors (Lipinski definition) is 1. The molecule has 0 saturated carbocycles. The van der Waals surface area contributed by atoms with Crippen molar-refractivity contribution >= 4 is 32.6 Å². The van der Waals surface area contributed by atoms with Crippen LogP contribution < -0.4 is 9.64 Å². The summed E-state index contributed by atoms with van der Waals surface area (Å²) in [6, 6.07) is 13.6. The molecular weight excluding hydrogens is 360 g/mol. The van der Waals surface area contributed by atoms with Gasteiger partial charge in [0.25, 0.3) is 10.0 Å². The first-order valence-corrected chi connectivity index (χ1v) is 10.00. The van der Waals surface area contributed by atoms with Gasteiger partial charge < -0.3 is 9.84 Å². The monoisotopic (exact) mass is 378 g/mol. The standard InChI is InChI=1S/C17H18N2O4S2/c1-12-7-9-13(10-8-12)25(21,22)18-17-19(16(20)11-24-17)14-5-3-4-6-15(14)23-2/h3-10,16,20H,11H2,1-2H3/b18-17+. The molecule has 2 aromatic carbocycles. The van der Waals surface area contributed by atoms with E-state index in [4.69, 9.17) is 4.74 Å². The molecule has 1 saturated heterocycles. The van der Waals surface area contributed by atoms with Gasteiger partial charge in [-0.1, -0.05) is 41.6 Å². The maximum Gasteiger partial charge on any atom is 0.284 e. The molecule has 8 heteroatoms. The summed E-state index contributed by atoms with van der Waals surface area (Å²) in [6.07, 6.45) is -0.881. The van der Waals surface area contributed by atoms with Crippen LogP contribution in [-0.4, -0.2) is 37.8 Å². The fraction of sp³-hybridized carbons (Fsp3) is 0.235. The number of aliphatic hydroxyl groups excluding tert-OH is 1. The number of anilines is 1. The van der Waals surface area contributed by atoms with Crippen LogP contribution >= 0.6 is 11.8 Å². The van der Waals surface area contributed by atoms with E-state index >= 15 is 0 Å². The molecule has 1 N–H and O–H groups in total. The molecule has 1 aliphatic heterocycles. The van der Waals surface area contributed by atoms with Gasteiger partial charge in [0.1, 0.15) is 12.0 Å². The zero-order valence-corrected chi connectivity index (χ0v) is 15.4. The predicted molar refractivity (Wildman–Crippen MR) is 99.7 cm³/mol. The van der Waals surface area contributed by atoms with Gasteiger partial charge in [-0.2, -0.15) is 8.42 Å². The van der Waals surface area contributed by atoms with E-state index in [1.165, 1.54) is 35.9 Å². The van der Waals surface area contributed by atoms with E-state index in [9.17, 15) is 13.5 Å². The van der Waals surface area contributed by atoms with E-state index in [0.717, 1.165) is 5.56 Å². The van der Waals surface area contributed by atoms with Crippen molar-refractivity contribution in [1.29, 1.82) is 0 Å². The number of aryl methyl sites for hydroxylation is 1. The summed E-state index contributed by atoms with van der Waals surface area (Å²) in [6.45, 7) is 1.88. The summed E-state index contributed by atoms with van der Waals surface area (Å²) in [5.74, 6) is 0.852. The van der Waals surface area contributed by atoms with Crippen LogP contribution in [0, 0.1) is 6.92 Å². The minimum absolute atomic E-state index is 0.118. The molecule has 6 nitrogen and oxygen atoms in total. The first-order chi connectivity index (χ1) is 11.9. The summed E-state index contributed by atoms with van der Waals surface area (Å²) in [5.41, 5.74) is 1.54. The topological polar surface area (TPSA) is 79.2 Å². The highest BCUT2D eigenvalue weighted by atomic mass is 32.2. The Morgan fingerprint density at radius 1 is 1.20 bits per heavy atom. The number of ether oxygens (including phenoxy) is 1. The van der Waals surface area contributed by atoms with Gasteiger partial charge in [-0.25, -0.2) is 0 Å². The number of sulfonamides is 1. The quantitative estimate of drug-likeness (QED) is 0.881. The van der Waals surface area contributed by atoms with Gasteiger partial charge in [0.2, 0.25) is 0 Å². The molecule has 0 aromatic heterocycles. The number of methoxy groups -OCH3 is 1. The van der Waals surface area contributed by atoms with E-state index < -0.39 is 16.3 Å². The molecule has 132 valence electrons. The zero-order valence-electron chi connectivity index (χ0n) is 13.8. The number of thioether (sulfide) groups is 1. The van der Waals surface area contributed by atoms with Crippen LogP contribution in [0.15, 0.2) is 57.8 Å². The molecule has 0 spiro atoms. The molecule has 1 heterocycles. The first-order valence-electron chi connectivity index (χ1n) is 7.57. The Balaban J connectivity index is 2.03. The van der Waals surface area contributed by atoms with Crippen molar-refractivity contribution < 1.29 is 18.3 Å². The maximum absolute atomic E-state index is 12.6. The van der Waals surface area contributed by atoms with Crippen molar-refractivity contribution in [3.05, 3.63) is 54.1 Å². The Morgan fingerprint density at radius 2 is 1.88 bits per heavy atom. The number of aliphatic hydroxyl groups is 1. The van der Waals surface area contributed by atoms with Crippen molar-refractivity contribution in [2.24, 2.45) is 4.40 Å². The lowest BCUT2D eigenvalue weighted by Crippen LogP contribution is -2.34. The molecule has 0 amide bonds. The molecule has 1 unspecified atom stereocenters. The van der Waals surface area contributed by atoms with Gasteiger partial charge in [-0.3, -0.25) is 4.90 Å². The number of para-hydroxylation sites is 2. The highest BCUT2D eigenvalue weighted by Crippen LogP contribution is 2.36. The van der Waals surface area contributed by atoms with Crippen molar-refractivity contribution in [2.45, 2.75) is 18.0 Å². The highest BCUT2D eigenvalue weighted by Gasteiger charge is 2.33. The summed E-state index contributed by atoms with van der Waals surface area (Å²) in [7, 11) is -2.35. The molecule has 2 aromatic rings. The van der Waals surface area contributed by atoms with Crippen LogP contribution in [0.25, 0.3) is 0 Å². The third kappa shape index (κ3) is 3.65. The molecule has 1 aliphatic rings. The van der Waals surface area contributed by atoms with Gasteiger partial charge >= 0.3 is 0 Å². The summed E-state index contributed by atoms with van der Waals surface area (Å²) >= 11 is 1.19. The molecule has 0 aliphatic carbocycles. The molecular formula is C17H18N2O4S2. The van der Waals surface area contributed by atoms with E-state index in [1.807, 2.05) is 6.92 Å². The van der Waals surface area contributed by atoms with Crippen molar-refractivity contribution in [3.8, 4) is 5.75 Å². The van der Waals surface area contributed by atoms with Crippen LogP contribution in [0.3, 0.4) is 0 Å². The number of amidine groups is 1. The Kier molecular flexibility index (Phi) is 5.03. The van der Waals surface area contributed by atoms with Crippen LogP contribution in [0.4, 0.5) is 5.69 Å². The van der Waals surface area contributed by atoms with Gasteiger partial charge in [0, 0.05) is 5.75 Å². The maximum atomic E-state index is 12.6. The molecule has 0 bridgehead atoms. The normalized spacial score (nSPS) is 19.4. The van der Waals surface area contributed by atoms with Gasteiger partial charge in [0.15, 0.2) is 5.17 Å². The zero-order chi connectivity index (χ0) is 18.0. The summed E-state index contributed by atoms with van der Waals surface area (Å²) < 4.78 is 34.5. The molecule has 0 radical (unpaired) electrons. The summed E-state index contributed by atoms with van der Waals surface area (Å²) in [4.78, 5) is 1.60. The summed E-state index contributed by atoms with van der Waals surface area (Å²) in [5, 5.41) is 10.5. The molecule has 3 rings (SSSR count). The van der Waals surface area contributed by atoms with Crippen molar-refractivity contribution in [1.82, 2.24) is 0 Å². The third-order valence-electron chi connectivity index (χ3n) is 3.73. The minimum atomic E-state index is -3.87. The Bertz CT molecular complexity index is 895. The SMILES string of the molecule is COc1ccccc1N1/C(=N\S(=O)(=O)c2ccc(C)cc2)SCC1O. The van der Waals surface area contributed by atoms with Crippen LogP contribution in [0.1, 0.15) is 5.56 Å². The molecule has 25 heavy (non-hydrogen) atoms. The second-order valence-electron chi connectivity index (χ2n) is 5.50. The second-order valence-corrected chi connectivity index (χ2v) is 8.09. The van der Waals surface area contributed by atoms with Crippen LogP contribution in [-0.2, 0) is 10.0 Å². The van der Waals surface area contributed by atoms with E-state index in [-0.39, 0.29) is 10.1 Å². The Morgan fingerprint density at radius 3 is 2.56 bits per heavy atom. The van der Waals surface area contributed by atoms with Crippen LogP contribution in [0.5, 0.6) is 5.75 Å². The number of rotatable bonds is 4. The Hall–Kier alpha value is -2.03. The van der Waals surface area contributed by atoms with Gasteiger partial charge in [0.05, 0.1) is 17.7 Å². The minimum Gasteiger partial charge on any atom is -0.495 e. The number of hydrogen-bond acceptors (Lipinski definition) is 5. The average molecular weight is 378 g/mol. The van der Waals surface area contributed by atoms with E-state index in [0.29, 0.717) is 17.2 Å². The van der Waals surface area contributed by atoms with Gasteiger partial charge in [-0.15, -0.1) is 4.40 Å². The lowest BCUT2D eigenvalue weighted by Gasteiger charge is -2.23. The lowest BCUT2D eigenvalue weighted by molar-refractivity contribution is 0.212. The van der Waals surface area contributed by atoms with E-state index in [1.54, 1.807) is 36.4 Å². The van der Waals surface area contributed by atoms with Crippen molar-refractivity contribution in [3.63, 3.8) is 0 Å². The second kappa shape index (κ2) is 7.07. The number of benzene rings is 2. The fourth-order valence-electron chi connectivity index (χ4n) is 2.45. The van der Waals surface area contributed by atoms with E-state index in [2.05, 4.69) is 4.40 Å². The van der Waals surface area contributed by atoms with Crippen molar-refractivity contribution in [2.75, 3.05) is 17.8 Å².